The first kappa shape index (κ1) is 17.6. The normalized spacial score (nSPS) is 21.6. The Bertz CT molecular complexity index is 957. The van der Waals surface area contributed by atoms with Gasteiger partial charge in [0.25, 0.3) is 11.8 Å². The summed E-state index contributed by atoms with van der Waals surface area (Å²) in [5.41, 5.74) is 1.11. The van der Waals surface area contributed by atoms with E-state index in [1.54, 1.807) is 24.3 Å². The Kier molecular flexibility index (Phi) is 4.59. The minimum absolute atomic E-state index is 0.0417. The predicted molar refractivity (Wildman–Crippen MR) is 100 cm³/mol. The third kappa shape index (κ3) is 3.17. The highest BCUT2D eigenvalue weighted by Crippen LogP contribution is 2.34. The summed E-state index contributed by atoms with van der Waals surface area (Å²) in [6.07, 6.45) is 3.43. The van der Waals surface area contributed by atoms with Crippen LogP contribution in [0.1, 0.15) is 52.1 Å². The molecule has 0 spiro atoms. The number of pyridine rings is 1. The van der Waals surface area contributed by atoms with Crippen molar-refractivity contribution in [3.8, 4) is 17.6 Å². The summed E-state index contributed by atoms with van der Waals surface area (Å²) >= 11 is 5.87. The Morgan fingerprint density at radius 3 is 2.41 bits per heavy atom. The van der Waals surface area contributed by atoms with Gasteiger partial charge in [-0.15, -0.1) is 0 Å². The van der Waals surface area contributed by atoms with Crippen molar-refractivity contribution in [3.05, 3.63) is 58.4 Å². The number of benzene rings is 1. The highest BCUT2D eigenvalue weighted by atomic mass is 35.5. The number of halogens is 1. The Labute approximate surface area is 162 Å². The monoisotopic (exact) mass is 380 g/mol. The molecular formula is C21H17ClN2O3. The number of nitrogens with zero attached hydrogens (tertiary/aromatic N) is 2. The van der Waals surface area contributed by atoms with Crippen LogP contribution in [0, 0.1) is 17.8 Å². The van der Waals surface area contributed by atoms with Gasteiger partial charge in [-0.1, -0.05) is 42.5 Å². The minimum Gasteiger partial charge on any atom is -0.505 e. The van der Waals surface area contributed by atoms with Crippen LogP contribution in [0.5, 0.6) is 5.75 Å². The van der Waals surface area contributed by atoms with Gasteiger partial charge in [0, 0.05) is 5.92 Å². The second kappa shape index (κ2) is 7.05. The predicted octanol–water partition coefficient (Wildman–Crippen LogP) is 3.65. The van der Waals surface area contributed by atoms with Gasteiger partial charge in [0.15, 0.2) is 5.69 Å². The third-order valence-electron chi connectivity index (χ3n) is 5.10. The number of amides is 2. The molecule has 1 saturated carbocycles. The molecule has 1 aliphatic carbocycles. The first-order chi connectivity index (χ1) is 13.1. The average Bonchev–Trinajstić information content (AvgIpc) is 2.94. The van der Waals surface area contributed by atoms with Crippen molar-refractivity contribution in [2.75, 3.05) is 0 Å². The fourth-order valence-electron chi connectivity index (χ4n) is 3.78. The number of rotatable bonds is 1. The molecule has 2 aliphatic rings. The Morgan fingerprint density at radius 2 is 1.70 bits per heavy atom. The van der Waals surface area contributed by atoms with Crippen LogP contribution in [0.2, 0.25) is 5.15 Å². The molecule has 0 unspecified atom stereocenters. The van der Waals surface area contributed by atoms with Gasteiger partial charge in [-0.3, -0.25) is 14.5 Å². The van der Waals surface area contributed by atoms with Crippen LogP contribution in [0.15, 0.2) is 36.4 Å². The van der Waals surface area contributed by atoms with Crippen LogP contribution in [-0.2, 0) is 0 Å². The van der Waals surface area contributed by atoms with E-state index in [1.165, 1.54) is 17.0 Å². The molecule has 2 amide bonds. The molecular weight excluding hydrogens is 364 g/mol. The summed E-state index contributed by atoms with van der Waals surface area (Å²) in [6.45, 7) is 0. The van der Waals surface area contributed by atoms with E-state index < -0.39 is 0 Å². The largest absolute Gasteiger partial charge is 0.505 e. The van der Waals surface area contributed by atoms with Crippen molar-refractivity contribution in [1.82, 2.24) is 9.88 Å². The van der Waals surface area contributed by atoms with Gasteiger partial charge < -0.3 is 5.11 Å². The maximum Gasteiger partial charge on any atom is 0.261 e. The molecule has 1 fully saturated rings. The van der Waals surface area contributed by atoms with E-state index in [4.69, 9.17) is 11.6 Å². The highest BCUT2D eigenvalue weighted by molar-refractivity contribution is 6.29. The zero-order valence-corrected chi connectivity index (χ0v) is 15.2. The SMILES string of the molecule is O=C1c2ccccc2C(=O)N1[C@@H]1CCCC[C@@H]1C#Cc1nc(Cl)ccc1O. The molecule has 1 aliphatic heterocycles. The summed E-state index contributed by atoms with van der Waals surface area (Å²) in [4.78, 5) is 31.0. The number of carbonyl (C=O) groups is 2. The Morgan fingerprint density at radius 1 is 1.04 bits per heavy atom. The number of hydrogen-bond acceptors (Lipinski definition) is 4. The number of aromatic hydroxyl groups is 1. The number of fused-ring (bicyclic) bond motifs is 1. The standard InChI is InChI=1S/C21H17ClN2O3/c22-19-12-11-18(25)16(23-19)10-9-13-5-1-4-8-17(13)24-20(26)14-6-2-3-7-15(14)21(24)27/h2-3,6-7,11-13,17,25H,1,4-5,8H2/t13-,17-/m1/s1. The number of hydrogen-bond donors (Lipinski definition) is 1. The molecule has 0 saturated heterocycles. The van der Waals surface area contributed by atoms with Gasteiger partial charge in [-0.25, -0.2) is 4.98 Å². The maximum absolute atomic E-state index is 12.8. The third-order valence-corrected chi connectivity index (χ3v) is 5.31. The van der Waals surface area contributed by atoms with Crippen molar-refractivity contribution < 1.29 is 14.7 Å². The van der Waals surface area contributed by atoms with Crippen molar-refractivity contribution >= 4 is 23.4 Å². The molecule has 136 valence electrons. The molecule has 6 heteroatoms. The maximum atomic E-state index is 12.8. The number of carbonyl (C=O) groups excluding carboxylic acids is 2. The number of aromatic nitrogens is 1. The molecule has 0 bridgehead atoms. The van der Waals surface area contributed by atoms with E-state index >= 15 is 0 Å². The molecule has 1 aromatic carbocycles. The summed E-state index contributed by atoms with van der Waals surface area (Å²) in [7, 11) is 0. The van der Waals surface area contributed by atoms with Gasteiger partial charge in [0.05, 0.1) is 17.2 Å². The second-order valence-corrected chi connectivity index (χ2v) is 7.14. The molecule has 2 atom stereocenters. The fourth-order valence-corrected chi connectivity index (χ4v) is 3.93. The molecule has 4 rings (SSSR count). The quantitative estimate of drug-likeness (QED) is 0.465. The Hall–Kier alpha value is -2.84. The summed E-state index contributed by atoms with van der Waals surface area (Å²) < 4.78 is 0. The lowest BCUT2D eigenvalue weighted by Crippen LogP contribution is -2.45. The van der Waals surface area contributed by atoms with Crippen LogP contribution in [-0.4, -0.2) is 32.8 Å². The molecule has 5 nitrogen and oxygen atoms in total. The highest BCUT2D eigenvalue weighted by Gasteiger charge is 2.42. The molecule has 1 aromatic heterocycles. The van der Waals surface area contributed by atoms with E-state index in [0.29, 0.717) is 11.1 Å². The van der Waals surface area contributed by atoms with E-state index in [2.05, 4.69) is 16.8 Å². The van der Waals surface area contributed by atoms with Crippen LogP contribution in [0.3, 0.4) is 0 Å². The van der Waals surface area contributed by atoms with Crippen LogP contribution in [0.25, 0.3) is 0 Å². The fraction of sp³-hybridized carbons (Fsp3) is 0.286. The molecule has 27 heavy (non-hydrogen) atoms. The van der Waals surface area contributed by atoms with E-state index in [0.717, 1.165) is 25.7 Å². The molecule has 1 N–H and O–H groups in total. The zero-order valence-electron chi connectivity index (χ0n) is 14.5. The van der Waals surface area contributed by atoms with Crippen molar-refractivity contribution in [1.29, 1.82) is 0 Å². The van der Waals surface area contributed by atoms with E-state index in [9.17, 15) is 14.7 Å². The number of imide groups is 1. The first-order valence-corrected chi connectivity index (χ1v) is 9.28. The van der Waals surface area contributed by atoms with Gasteiger partial charge >= 0.3 is 0 Å². The van der Waals surface area contributed by atoms with Crippen LogP contribution >= 0.6 is 11.6 Å². The van der Waals surface area contributed by atoms with Crippen LogP contribution in [0.4, 0.5) is 0 Å². The van der Waals surface area contributed by atoms with Gasteiger partial charge in [-0.05, 0) is 43.0 Å². The lowest BCUT2D eigenvalue weighted by atomic mass is 9.83. The van der Waals surface area contributed by atoms with Gasteiger partial charge in [0.2, 0.25) is 0 Å². The Balaban J connectivity index is 1.65. The van der Waals surface area contributed by atoms with Crippen molar-refractivity contribution in [2.24, 2.45) is 5.92 Å². The van der Waals surface area contributed by atoms with E-state index in [1.807, 2.05) is 0 Å². The molecule has 2 aromatic rings. The topological polar surface area (TPSA) is 70.5 Å². The first-order valence-electron chi connectivity index (χ1n) is 8.90. The smallest absolute Gasteiger partial charge is 0.261 e. The van der Waals surface area contributed by atoms with Crippen molar-refractivity contribution in [2.45, 2.75) is 31.7 Å². The second-order valence-electron chi connectivity index (χ2n) is 6.76. The van der Waals surface area contributed by atoms with Gasteiger partial charge in [-0.2, -0.15) is 0 Å². The molecule has 2 heterocycles. The van der Waals surface area contributed by atoms with Gasteiger partial charge in [0.1, 0.15) is 10.9 Å². The summed E-state index contributed by atoms with van der Waals surface area (Å²) in [6, 6.07) is 9.56. The lowest BCUT2D eigenvalue weighted by Gasteiger charge is -2.34. The molecule has 0 radical (unpaired) electrons. The summed E-state index contributed by atoms with van der Waals surface area (Å²) in [5, 5.41) is 10.1. The average molecular weight is 381 g/mol. The van der Waals surface area contributed by atoms with Crippen LogP contribution < -0.4 is 0 Å². The summed E-state index contributed by atoms with van der Waals surface area (Å²) in [5.74, 6) is 5.30. The lowest BCUT2D eigenvalue weighted by molar-refractivity contribution is 0.0511. The minimum atomic E-state index is -0.278. The van der Waals surface area contributed by atoms with Crippen molar-refractivity contribution in [3.63, 3.8) is 0 Å². The zero-order chi connectivity index (χ0) is 19.0. The van der Waals surface area contributed by atoms with E-state index in [-0.39, 0.29) is 40.4 Å².